The summed E-state index contributed by atoms with van der Waals surface area (Å²) in [7, 11) is 0. The van der Waals surface area contributed by atoms with E-state index in [1.54, 1.807) is 53.6 Å². The van der Waals surface area contributed by atoms with Gasteiger partial charge in [-0.15, -0.1) is 0 Å². The molecule has 2 aromatic carbocycles. The molecule has 10 rings (SSSR count). The zero-order valence-electron chi connectivity index (χ0n) is 31.4. The molecule has 0 radical (unpaired) electrons. The number of H-pyrrole nitrogens is 1. The Kier molecular flexibility index (Phi) is 9.95. The molecule has 10 aromatic rings. The van der Waals surface area contributed by atoms with E-state index in [4.69, 9.17) is 51.5 Å². The molecular formula is C40H29Cl2N15O2S. The van der Waals surface area contributed by atoms with Crippen LogP contribution in [0, 0.1) is 13.8 Å². The van der Waals surface area contributed by atoms with Crippen LogP contribution in [0.2, 0.25) is 10.3 Å². The number of aromatic nitrogens is 14. The number of halogens is 2. The predicted molar refractivity (Wildman–Crippen MR) is 231 cm³/mol. The van der Waals surface area contributed by atoms with E-state index >= 15 is 0 Å². The van der Waals surface area contributed by atoms with Gasteiger partial charge in [0.1, 0.15) is 40.6 Å². The Balaban J connectivity index is 0.000000154. The van der Waals surface area contributed by atoms with Gasteiger partial charge in [-0.1, -0.05) is 47.5 Å². The van der Waals surface area contributed by atoms with Crippen molar-refractivity contribution in [2.75, 3.05) is 5.73 Å². The number of nitrogens with two attached hydrogens (primary N) is 1. The summed E-state index contributed by atoms with van der Waals surface area (Å²) in [5, 5.41) is 0.771. The molecule has 1 unspecified atom stereocenters. The predicted octanol–water partition coefficient (Wildman–Crippen LogP) is 5.94. The Labute approximate surface area is 353 Å². The quantitative estimate of drug-likeness (QED) is 0.130. The molecule has 1 atom stereocenters. The summed E-state index contributed by atoms with van der Waals surface area (Å²) >= 11 is 17.5. The summed E-state index contributed by atoms with van der Waals surface area (Å²) < 4.78 is 4.70. The smallest absolute Gasteiger partial charge is 0.266 e. The Hall–Kier alpha value is -7.15. The third-order valence-electron chi connectivity index (χ3n) is 9.77. The number of imidazole rings is 2. The summed E-state index contributed by atoms with van der Waals surface area (Å²) in [6, 6.07) is 18.0. The summed E-state index contributed by atoms with van der Waals surface area (Å²) in [6.07, 6.45) is 9.04. The number of fused-ring (bicyclic) bond motifs is 4. The standard InChI is InChI=1S/C20H15ClN8O.C20H14ClN7OS/c1-11-4-2-5-12-15(11)20(30)29(13-6-3-7-23-17(13)21)14(27-12)8-28-10-26-16-18(22)24-9-25-19(16)28;1-10-4-2-5-11-13(10)20(29)28(12-6-3-7-22-17(12)21)19(27-11)16(30)14-15-18(25-8-23-14)26-9-24-15/h2-7,9-10H,8H2,1H3,(H2,22,24,25);2-9,16,30H,1H3,(H,23,24,25,26). The van der Waals surface area contributed by atoms with E-state index in [1.807, 2.05) is 44.2 Å². The second-order valence-corrected chi connectivity index (χ2v) is 14.6. The van der Waals surface area contributed by atoms with Gasteiger partial charge < -0.3 is 15.3 Å². The van der Waals surface area contributed by atoms with Crippen LogP contribution in [0.25, 0.3) is 55.5 Å². The average molecular weight is 855 g/mol. The third kappa shape index (κ3) is 6.65. The number of aryl methyl sites for hydroxylation is 2. The first-order valence-electron chi connectivity index (χ1n) is 18.1. The van der Waals surface area contributed by atoms with Gasteiger partial charge in [0.15, 0.2) is 27.4 Å². The van der Waals surface area contributed by atoms with Crippen LogP contribution in [0.3, 0.4) is 0 Å². The van der Waals surface area contributed by atoms with E-state index in [1.165, 1.54) is 28.1 Å². The van der Waals surface area contributed by atoms with E-state index in [0.29, 0.717) is 72.9 Å². The zero-order valence-corrected chi connectivity index (χ0v) is 33.8. The lowest BCUT2D eigenvalue weighted by Crippen LogP contribution is -2.26. The van der Waals surface area contributed by atoms with Crippen molar-refractivity contribution < 1.29 is 0 Å². The van der Waals surface area contributed by atoms with Crippen LogP contribution in [0.15, 0.2) is 108 Å². The van der Waals surface area contributed by atoms with Crippen molar-refractivity contribution in [2.24, 2.45) is 0 Å². The van der Waals surface area contributed by atoms with Crippen molar-refractivity contribution in [3.05, 3.63) is 158 Å². The van der Waals surface area contributed by atoms with E-state index < -0.39 is 5.25 Å². The molecule has 60 heavy (non-hydrogen) atoms. The normalized spacial score (nSPS) is 11.9. The highest BCUT2D eigenvalue weighted by atomic mass is 35.5. The van der Waals surface area contributed by atoms with Gasteiger partial charge >= 0.3 is 0 Å². The molecule has 0 fully saturated rings. The van der Waals surface area contributed by atoms with E-state index in [-0.39, 0.29) is 33.8 Å². The third-order valence-corrected chi connectivity index (χ3v) is 10.8. The highest BCUT2D eigenvalue weighted by Crippen LogP contribution is 2.32. The highest BCUT2D eigenvalue weighted by Gasteiger charge is 2.25. The fraction of sp³-hybridized carbons (Fsp3) is 0.100. The molecule has 0 aliphatic carbocycles. The minimum Gasteiger partial charge on any atom is -0.382 e. The fourth-order valence-corrected chi connectivity index (χ4v) is 7.77. The van der Waals surface area contributed by atoms with Crippen molar-refractivity contribution in [1.82, 2.24) is 68.5 Å². The van der Waals surface area contributed by atoms with Crippen LogP contribution < -0.4 is 16.9 Å². The zero-order chi connectivity index (χ0) is 41.7. The van der Waals surface area contributed by atoms with Crippen LogP contribution in [-0.4, -0.2) is 68.5 Å². The molecule has 0 bridgehead atoms. The van der Waals surface area contributed by atoms with Crippen LogP contribution in [0.1, 0.15) is 33.7 Å². The van der Waals surface area contributed by atoms with Gasteiger partial charge in [-0.2, -0.15) is 12.6 Å². The van der Waals surface area contributed by atoms with Gasteiger partial charge in [0.05, 0.1) is 58.1 Å². The number of rotatable bonds is 6. The Bertz CT molecular complexity index is 3420. The topological polar surface area (TPSA) is 220 Å². The maximum absolute atomic E-state index is 13.6. The maximum atomic E-state index is 13.6. The Morgan fingerprint density at radius 2 is 1.37 bits per heavy atom. The van der Waals surface area contributed by atoms with Gasteiger partial charge in [0.2, 0.25) is 0 Å². The van der Waals surface area contributed by atoms with Gasteiger partial charge in [0, 0.05) is 12.4 Å². The summed E-state index contributed by atoms with van der Waals surface area (Å²) in [4.78, 5) is 73.2. The van der Waals surface area contributed by atoms with Crippen molar-refractivity contribution in [2.45, 2.75) is 25.6 Å². The first-order chi connectivity index (χ1) is 29.1. The molecular weight excluding hydrogens is 826 g/mol. The van der Waals surface area contributed by atoms with Crippen molar-refractivity contribution in [1.29, 1.82) is 0 Å². The van der Waals surface area contributed by atoms with Crippen LogP contribution in [0.5, 0.6) is 0 Å². The number of nitrogens with zero attached hydrogens (tertiary/aromatic N) is 13. The molecule has 8 heterocycles. The molecule has 0 saturated carbocycles. The fourth-order valence-electron chi connectivity index (χ4n) is 6.99. The van der Waals surface area contributed by atoms with Gasteiger partial charge in [-0.05, 0) is 61.4 Å². The molecule has 20 heteroatoms. The number of nitrogen functional groups attached to an aromatic ring is 1. The van der Waals surface area contributed by atoms with Crippen LogP contribution in [-0.2, 0) is 6.54 Å². The number of aromatic amines is 1. The number of hydrogen-bond donors (Lipinski definition) is 3. The van der Waals surface area contributed by atoms with Crippen LogP contribution >= 0.6 is 35.8 Å². The maximum Gasteiger partial charge on any atom is 0.266 e. The van der Waals surface area contributed by atoms with Crippen molar-refractivity contribution >= 4 is 85.8 Å². The number of hydrogen-bond acceptors (Lipinski definition) is 14. The molecule has 296 valence electrons. The molecule has 3 N–H and O–H groups in total. The van der Waals surface area contributed by atoms with Gasteiger partial charge in [-0.25, -0.2) is 49.8 Å². The van der Waals surface area contributed by atoms with Crippen LogP contribution in [0.4, 0.5) is 5.82 Å². The molecule has 0 amide bonds. The number of nitrogens with one attached hydrogen (secondary N) is 1. The summed E-state index contributed by atoms with van der Waals surface area (Å²) in [6.45, 7) is 3.97. The van der Waals surface area contributed by atoms with Gasteiger partial charge in [-0.3, -0.25) is 18.7 Å². The van der Waals surface area contributed by atoms with E-state index in [0.717, 1.165) is 11.1 Å². The molecule has 0 aliphatic rings. The lowest BCUT2D eigenvalue weighted by molar-refractivity contribution is 0.717. The lowest BCUT2D eigenvalue weighted by atomic mass is 10.1. The number of anilines is 1. The molecule has 17 nitrogen and oxygen atoms in total. The molecule has 0 saturated heterocycles. The second kappa shape index (κ2) is 15.6. The largest absolute Gasteiger partial charge is 0.382 e. The number of pyridine rings is 2. The lowest BCUT2D eigenvalue weighted by Gasteiger charge is -2.19. The summed E-state index contributed by atoms with van der Waals surface area (Å²) in [5.41, 5.74) is 11.8. The minimum absolute atomic E-state index is 0.186. The Morgan fingerprint density at radius 3 is 2.05 bits per heavy atom. The van der Waals surface area contributed by atoms with Gasteiger partial charge in [0.25, 0.3) is 11.1 Å². The van der Waals surface area contributed by atoms with Crippen molar-refractivity contribution in [3.8, 4) is 11.4 Å². The average Bonchev–Trinajstić information content (AvgIpc) is 3.90. The first kappa shape index (κ1) is 38.4. The molecule has 0 aliphatic heterocycles. The number of thiol groups is 1. The first-order valence-corrected chi connectivity index (χ1v) is 19.4. The van der Waals surface area contributed by atoms with Crippen molar-refractivity contribution in [3.63, 3.8) is 0 Å². The highest BCUT2D eigenvalue weighted by molar-refractivity contribution is 7.80. The van der Waals surface area contributed by atoms with E-state index in [9.17, 15) is 9.59 Å². The SMILES string of the molecule is Cc1cccc2nc(C(S)c3ncnc4nc[nH]c34)n(-c3cccnc3Cl)c(=O)c12.Cc1cccc2nc(Cn3cnc4c(N)ncnc43)n(-c3cccnc3Cl)c(=O)c12. The minimum atomic E-state index is -0.662. The molecule has 8 aromatic heterocycles. The molecule has 0 spiro atoms. The van der Waals surface area contributed by atoms with E-state index in [2.05, 4.69) is 44.9 Å². The Morgan fingerprint density at radius 1 is 0.733 bits per heavy atom. The monoisotopic (exact) mass is 853 g/mol. The summed E-state index contributed by atoms with van der Waals surface area (Å²) in [5.74, 6) is 1.11. The second-order valence-electron chi connectivity index (χ2n) is 13.4. The number of benzene rings is 2.